The van der Waals surface area contributed by atoms with Gasteiger partial charge in [0.1, 0.15) is 17.5 Å². The summed E-state index contributed by atoms with van der Waals surface area (Å²) in [4.78, 5) is 12.0. The topological polar surface area (TPSA) is 17.1 Å². The first-order valence-electron chi connectivity index (χ1n) is 5.39. The number of halogens is 4. The second-order valence-electron chi connectivity index (χ2n) is 3.96. The van der Waals surface area contributed by atoms with Gasteiger partial charge in [-0.2, -0.15) is 0 Å². The van der Waals surface area contributed by atoms with Crippen LogP contribution in [-0.4, -0.2) is 5.78 Å². The number of benzene rings is 2. The quantitative estimate of drug-likeness (QED) is 0.768. The van der Waals surface area contributed by atoms with Gasteiger partial charge in [0.2, 0.25) is 0 Å². The van der Waals surface area contributed by atoms with Gasteiger partial charge in [-0.05, 0) is 57.9 Å². The van der Waals surface area contributed by atoms with Crippen molar-refractivity contribution in [2.24, 2.45) is 0 Å². The van der Waals surface area contributed by atoms with E-state index < -0.39 is 23.2 Å². The zero-order valence-electron chi connectivity index (χ0n) is 9.59. The fourth-order valence-electron chi connectivity index (χ4n) is 1.66. The van der Waals surface area contributed by atoms with Gasteiger partial charge in [-0.25, -0.2) is 13.2 Å². The molecule has 0 spiro atoms. The van der Waals surface area contributed by atoms with Gasteiger partial charge in [-0.15, -0.1) is 0 Å². The number of ketones is 1. The molecule has 0 aliphatic rings. The molecule has 0 aromatic heterocycles. The zero-order chi connectivity index (χ0) is 14.0. The summed E-state index contributed by atoms with van der Waals surface area (Å²) in [6.45, 7) is 0. The zero-order valence-corrected chi connectivity index (χ0v) is 11.2. The largest absolute Gasteiger partial charge is 0.294 e. The maximum absolute atomic E-state index is 13.4. The smallest absolute Gasteiger partial charge is 0.168 e. The molecule has 0 saturated heterocycles. The van der Waals surface area contributed by atoms with Gasteiger partial charge in [-0.3, -0.25) is 4.79 Å². The Hall–Kier alpha value is -1.62. The molecule has 0 N–H and O–H groups in total. The first-order valence-corrected chi connectivity index (χ1v) is 6.19. The Morgan fingerprint density at radius 2 is 1.63 bits per heavy atom. The van der Waals surface area contributed by atoms with Crippen molar-refractivity contribution >= 4 is 21.7 Å². The molecule has 0 fully saturated rings. The normalized spacial score (nSPS) is 10.5. The summed E-state index contributed by atoms with van der Waals surface area (Å²) in [5, 5.41) is 0. The summed E-state index contributed by atoms with van der Waals surface area (Å²) >= 11 is 3.07. The van der Waals surface area contributed by atoms with E-state index in [1.54, 1.807) is 0 Å². The van der Waals surface area contributed by atoms with Gasteiger partial charge in [0.25, 0.3) is 0 Å². The molecule has 2 rings (SSSR count). The van der Waals surface area contributed by atoms with E-state index in [0.29, 0.717) is 0 Å². The minimum atomic E-state index is -0.645. The third-order valence-corrected chi connectivity index (χ3v) is 3.25. The molecular weight excluding hydrogens is 321 g/mol. The number of carbonyl (C=O) groups excluding carboxylic acids is 1. The molecule has 1 nitrogen and oxygen atoms in total. The molecule has 2 aromatic rings. The van der Waals surface area contributed by atoms with Crippen molar-refractivity contribution in [2.75, 3.05) is 0 Å². The molecule has 0 unspecified atom stereocenters. The van der Waals surface area contributed by atoms with Crippen LogP contribution < -0.4 is 0 Å². The van der Waals surface area contributed by atoms with Crippen molar-refractivity contribution in [3.63, 3.8) is 0 Å². The second kappa shape index (κ2) is 5.57. The molecule has 2 aromatic carbocycles. The van der Waals surface area contributed by atoms with Crippen LogP contribution in [0.3, 0.4) is 0 Å². The third kappa shape index (κ3) is 3.23. The van der Waals surface area contributed by atoms with E-state index in [0.717, 1.165) is 30.3 Å². The molecule has 0 saturated carbocycles. The fourth-order valence-corrected chi connectivity index (χ4v) is 2.23. The molecule has 0 aliphatic heterocycles. The van der Waals surface area contributed by atoms with E-state index in [1.165, 1.54) is 6.07 Å². The van der Waals surface area contributed by atoms with Crippen molar-refractivity contribution in [2.45, 2.75) is 6.42 Å². The molecule has 0 atom stereocenters. The summed E-state index contributed by atoms with van der Waals surface area (Å²) in [5.41, 5.74) is 0.200. The maximum Gasteiger partial charge on any atom is 0.168 e. The molecule has 0 aliphatic carbocycles. The lowest BCUT2D eigenvalue weighted by atomic mass is 10.0. The lowest BCUT2D eigenvalue weighted by molar-refractivity contribution is 0.0991. The number of hydrogen-bond acceptors (Lipinski definition) is 1. The van der Waals surface area contributed by atoms with E-state index in [4.69, 9.17) is 0 Å². The first kappa shape index (κ1) is 13.8. The minimum Gasteiger partial charge on any atom is -0.294 e. The molecule has 0 bridgehead atoms. The lowest BCUT2D eigenvalue weighted by Crippen LogP contribution is -2.06. The number of Topliss-reactive ketones (excluding diaryl/α,β-unsaturated/α-hetero) is 1. The van der Waals surface area contributed by atoms with E-state index in [1.807, 2.05) is 0 Å². The lowest BCUT2D eigenvalue weighted by Gasteiger charge is -2.05. The summed E-state index contributed by atoms with van der Waals surface area (Å²) < 4.78 is 39.6. The highest BCUT2D eigenvalue weighted by atomic mass is 79.9. The fraction of sp³-hybridized carbons (Fsp3) is 0.0714. The van der Waals surface area contributed by atoms with Crippen LogP contribution in [0.5, 0.6) is 0 Å². The average Bonchev–Trinajstić information content (AvgIpc) is 2.33. The Labute approximate surface area is 116 Å². The van der Waals surface area contributed by atoms with Crippen LogP contribution in [0.25, 0.3) is 0 Å². The van der Waals surface area contributed by atoms with Gasteiger partial charge >= 0.3 is 0 Å². The Kier molecular flexibility index (Phi) is 4.04. The summed E-state index contributed by atoms with van der Waals surface area (Å²) in [6.07, 6.45) is -0.284. The minimum absolute atomic E-state index is 0.0266. The van der Waals surface area contributed by atoms with E-state index in [-0.39, 0.29) is 22.0 Å². The molecule has 19 heavy (non-hydrogen) atoms. The summed E-state index contributed by atoms with van der Waals surface area (Å²) in [7, 11) is 0. The molecule has 5 heteroatoms. The van der Waals surface area contributed by atoms with Crippen LogP contribution >= 0.6 is 15.9 Å². The predicted molar refractivity (Wildman–Crippen MR) is 68.5 cm³/mol. The van der Waals surface area contributed by atoms with Crippen LogP contribution in [0.1, 0.15) is 15.9 Å². The van der Waals surface area contributed by atoms with Crippen LogP contribution in [0.4, 0.5) is 13.2 Å². The first-order chi connectivity index (χ1) is 8.97. The number of rotatable bonds is 3. The third-order valence-electron chi connectivity index (χ3n) is 2.59. The number of carbonyl (C=O) groups is 1. The van der Waals surface area contributed by atoms with Crippen molar-refractivity contribution in [3.8, 4) is 0 Å². The van der Waals surface area contributed by atoms with Gasteiger partial charge in [0.15, 0.2) is 5.78 Å². The number of hydrogen-bond donors (Lipinski definition) is 0. The second-order valence-corrected chi connectivity index (χ2v) is 4.81. The van der Waals surface area contributed by atoms with Crippen LogP contribution in [0.2, 0.25) is 0 Å². The molecule has 0 amide bonds. The highest BCUT2D eigenvalue weighted by Crippen LogP contribution is 2.21. The maximum atomic E-state index is 13.4. The van der Waals surface area contributed by atoms with E-state index in [9.17, 15) is 18.0 Å². The van der Waals surface area contributed by atoms with Crippen molar-refractivity contribution in [1.29, 1.82) is 0 Å². The summed E-state index contributed by atoms with van der Waals surface area (Å²) in [5.74, 6) is -2.16. The Morgan fingerprint density at radius 3 is 2.32 bits per heavy atom. The average molecular weight is 329 g/mol. The Bertz CT molecular complexity index is 641. The SMILES string of the molecule is O=C(Cc1cc(F)ccc1F)c1ccc(F)cc1Br. The van der Waals surface area contributed by atoms with Crippen molar-refractivity contribution in [1.82, 2.24) is 0 Å². The van der Waals surface area contributed by atoms with E-state index >= 15 is 0 Å². The standard InChI is InChI=1S/C14H8BrF3O/c15-12-7-10(17)1-3-11(12)14(19)6-8-5-9(16)2-4-13(8)18/h1-5,7H,6H2. The van der Waals surface area contributed by atoms with Gasteiger partial charge < -0.3 is 0 Å². The van der Waals surface area contributed by atoms with Crippen LogP contribution in [0.15, 0.2) is 40.9 Å². The van der Waals surface area contributed by atoms with E-state index in [2.05, 4.69) is 15.9 Å². The van der Waals surface area contributed by atoms with Crippen LogP contribution in [0, 0.1) is 17.5 Å². The van der Waals surface area contributed by atoms with Gasteiger partial charge in [0, 0.05) is 16.5 Å². The summed E-state index contributed by atoms with van der Waals surface area (Å²) in [6, 6.07) is 6.52. The Balaban J connectivity index is 2.28. The Morgan fingerprint density at radius 1 is 1.00 bits per heavy atom. The highest BCUT2D eigenvalue weighted by Gasteiger charge is 2.14. The molecular formula is C14H8BrF3O. The van der Waals surface area contributed by atoms with Crippen molar-refractivity contribution in [3.05, 3.63) is 69.4 Å². The molecule has 0 radical (unpaired) electrons. The monoisotopic (exact) mass is 328 g/mol. The highest BCUT2D eigenvalue weighted by molar-refractivity contribution is 9.10. The molecule has 0 heterocycles. The van der Waals surface area contributed by atoms with Gasteiger partial charge in [-0.1, -0.05) is 0 Å². The van der Waals surface area contributed by atoms with Gasteiger partial charge in [0.05, 0.1) is 0 Å². The molecule has 98 valence electrons. The predicted octanol–water partition coefficient (Wildman–Crippen LogP) is 4.29. The van der Waals surface area contributed by atoms with Crippen LogP contribution in [-0.2, 0) is 6.42 Å². The van der Waals surface area contributed by atoms with Crippen molar-refractivity contribution < 1.29 is 18.0 Å².